The highest BCUT2D eigenvalue weighted by atomic mass is 16.1. The van der Waals surface area contributed by atoms with Gasteiger partial charge in [-0.25, -0.2) is 0 Å². The van der Waals surface area contributed by atoms with Crippen LogP contribution in [0, 0.1) is 0 Å². The van der Waals surface area contributed by atoms with Crippen molar-refractivity contribution in [3.8, 4) is 0 Å². The number of carbonyl (C=O) groups is 1. The van der Waals surface area contributed by atoms with Crippen molar-refractivity contribution in [2.24, 2.45) is 5.73 Å². The lowest BCUT2D eigenvalue weighted by Crippen LogP contribution is -2.35. The lowest BCUT2D eigenvalue weighted by Gasteiger charge is -2.17. The highest BCUT2D eigenvalue weighted by Crippen LogP contribution is 2.11. The summed E-state index contributed by atoms with van der Waals surface area (Å²) in [6.45, 7) is 6.89. The molecule has 1 amide bonds. The lowest BCUT2D eigenvalue weighted by molar-refractivity contribution is -0.122. The number of hydrogen-bond donors (Lipinski definition) is 2. The van der Waals surface area contributed by atoms with Crippen LogP contribution in [0.3, 0.4) is 0 Å². The second kappa shape index (κ2) is 17.2. The zero-order chi connectivity index (χ0) is 18.0. The van der Waals surface area contributed by atoms with Crippen LogP contribution in [0.15, 0.2) is 0 Å². The maximum Gasteiger partial charge on any atom is 0.221 e. The van der Waals surface area contributed by atoms with Gasteiger partial charge in [-0.05, 0) is 39.9 Å². The van der Waals surface area contributed by atoms with E-state index in [0.29, 0.717) is 19.0 Å². The van der Waals surface area contributed by atoms with Crippen molar-refractivity contribution >= 4 is 5.91 Å². The molecule has 0 saturated heterocycles. The quantitative estimate of drug-likeness (QED) is 0.392. The van der Waals surface area contributed by atoms with Crippen LogP contribution < -0.4 is 11.1 Å². The summed E-state index contributed by atoms with van der Waals surface area (Å²) in [5, 5.41) is 3.13. The minimum atomic E-state index is 0.179. The lowest BCUT2D eigenvalue weighted by atomic mass is 10.0. The van der Waals surface area contributed by atoms with Gasteiger partial charge in [0.05, 0.1) is 0 Å². The molecule has 0 aromatic rings. The first-order valence-corrected chi connectivity index (χ1v) is 10.3. The molecule has 0 radical (unpaired) electrons. The summed E-state index contributed by atoms with van der Waals surface area (Å²) in [4.78, 5) is 14.1. The van der Waals surface area contributed by atoms with Gasteiger partial charge in [-0.1, -0.05) is 64.7 Å². The fourth-order valence-electron chi connectivity index (χ4n) is 2.95. The van der Waals surface area contributed by atoms with E-state index in [1.54, 1.807) is 0 Å². The van der Waals surface area contributed by atoms with E-state index < -0.39 is 0 Å². The van der Waals surface area contributed by atoms with E-state index in [1.807, 2.05) is 0 Å². The fourth-order valence-corrected chi connectivity index (χ4v) is 2.95. The molecule has 1 unspecified atom stereocenters. The van der Waals surface area contributed by atoms with Gasteiger partial charge >= 0.3 is 0 Å². The van der Waals surface area contributed by atoms with Gasteiger partial charge in [-0.3, -0.25) is 4.79 Å². The number of nitrogens with zero attached hydrogens (tertiary/aromatic N) is 1. The number of rotatable bonds is 17. The highest BCUT2D eigenvalue weighted by Gasteiger charge is 2.08. The summed E-state index contributed by atoms with van der Waals surface area (Å²) in [6.07, 6.45) is 14.8. The van der Waals surface area contributed by atoms with E-state index >= 15 is 0 Å². The summed E-state index contributed by atoms with van der Waals surface area (Å²) >= 11 is 0. The standard InChI is InChI=1S/C20H43N3O/c1-4-5-6-7-8-9-10-11-12-14-19(2)22-20(24)15-18-23(3)17-13-16-21/h19H,4-18,21H2,1-3H3,(H,22,24). The predicted octanol–water partition coefficient (Wildman–Crippen LogP) is 4.08. The Kier molecular flexibility index (Phi) is 16.8. The smallest absolute Gasteiger partial charge is 0.221 e. The maximum absolute atomic E-state index is 11.9. The SMILES string of the molecule is CCCCCCCCCCCC(C)NC(=O)CCN(C)CCCN. The van der Waals surface area contributed by atoms with E-state index in [9.17, 15) is 4.79 Å². The predicted molar refractivity (Wildman–Crippen MR) is 105 cm³/mol. The Balaban J connectivity index is 3.44. The largest absolute Gasteiger partial charge is 0.354 e. The maximum atomic E-state index is 11.9. The van der Waals surface area contributed by atoms with E-state index in [1.165, 1.54) is 57.8 Å². The van der Waals surface area contributed by atoms with Crippen molar-refractivity contribution < 1.29 is 4.79 Å². The van der Waals surface area contributed by atoms with E-state index in [0.717, 1.165) is 25.9 Å². The molecule has 4 heteroatoms. The molecule has 0 spiro atoms. The van der Waals surface area contributed by atoms with Gasteiger partial charge in [0.25, 0.3) is 0 Å². The van der Waals surface area contributed by atoms with Crippen LogP contribution in [0.4, 0.5) is 0 Å². The third kappa shape index (κ3) is 16.3. The van der Waals surface area contributed by atoms with Gasteiger partial charge < -0.3 is 16.0 Å². The van der Waals surface area contributed by atoms with Gasteiger partial charge in [0, 0.05) is 19.0 Å². The molecule has 0 heterocycles. The molecule has 0 aliphatic heterocycles. The molecule has 144 valence electrons. The Labute approximate surface area is 150 Å². The molecule has 0 aliphatic rings. The molecule has 0 aliphatic carbocycles. The Hall–Kier alpha value is -0.610. The summed E-state index contributed by atoms with van der Waals surface area (Å²) in [7, 11) is 2.05. The Morgan fingerprint density at radius 1 is 0.958 bits per heavy atom. The van der Waals surface area contributed by atoms with Gasteiger partial charge in [0.15, 0.2) is 0 Å². The average Bonchev–Trinajstić information content (AvgIpc) is 2.56. The second-order valence-corrected chi connectivity index (χ2v) is 7.28. The van der Waals surface area contributed by atoms with Gasteiger partial charge in [0.2, 0.25) is 5.91 Å². The average molecular weight is 342 g/mol. The number of hydrogen-bond acceptors (Lipinski definition) is 3. The Morgan fingerprint density at radius 2 is 1.54 bits per heavy atom. The minimum absolute atomic E-state index is 0.179. The second-order valence-electron chi connectivity index (χ2n) is 7.28. The van der Waals surface area contributed by atoms with Crippen LogP contribution >= 0.6 is 0 Å². The molecule has 0 fully saturated rings. The van der Waals surface area contributed by atoms with Crippen molar-refractivity contribution in [1.82, 2.24) is 10.2 Å². The topological polar surface area (TPSA) is 58.4 Å². The molecule has 0 rings (SSSR count). The van der Waals surface area contributed by atoms with Crippen LogP contribution in [-0.2, 0) is 4.79 Å². The van der Waals surface area contributed by atoms with E-state index in [2.05, 4.69) is 31.1 Å². The van der Waals surface area contributed by atoms with E-state index in [-0.39, 0.29) is 5.91 Å². The third-order valence-corrected chi connectivity index (χ3v) is 4.61. The number of unbranched alkanes of at least 4 members (excludes halogenated alkanes) is 8. The summed E-state index contributed by atoms with van der Waals surface area (Å²) in [6, 6.07) is 0.302. The van der Waals surface area contributed by atoms with Gasteiger partial charge in [0.1, 0.15) is 0 Å². The minimum Gasteiger partial charge on any atom is -0.354 e. The molecule has 1 atom stereocenters. The highest BCUT2D eigenvalue weighted by molar-refractivity contribution is 5.76. The molecule has 3 N–H and O–H groups in total. The van der Waals surface area contributed by atoms with Crippen LogP contribution in [-0.4, -0.2) is 43.5 Å². The zero-order valence-electron chi connectivity index (χ0n) is 16.6. The normalized spacial score (nSPS) is 12.5. The molecule has 0 aromatic carbocycles. The Morgan fingerprint density at radius 3 is 2.12 bits per heavy atom. The first-order chi connectivity index (χ1) is 11.6. The van der Waals surface area contributed by atoms with Crippen LogP contribution in [0.25, 0.3) is 0 Å². The van der Waals surface area contributed by atoms with Crippen LogP contribution in [0.2, 0.25) is 0 Å². The molecule has 4 nitrogen and oxygen atoms in total. The first-order valence-electron chi connectivity index (χ1n) is 10.3. The number of carbonyl (C=O) groups excluding carboxylic acids is 1. The number of amides is 1. The first kappa shape index (κ1) is 23.4. The molecule has 0 aromatic heterocycles. The van der Waals surface area contributed by atoms with E-state index in [4.69, 9.17) is 5.73 Å². The molecule has 0 bridgehead atoms. The summed E-state index contributed by atoms with van der Waals surface area (Å²) < 4.78 is 0. The number of nitrogens with two attached hydrogens (primary N) is 1. The van der Waals surface area contributed by atoms with Crippen molar-refractivity contribution in [1.29, 1.82) is 0 Å². The zero-order valence-corrected chi connectivity index (χ0v) is 16.6. The number of nitrogens with one attached hydrogen (secondary N) is 1. The van der Waals surface area contributed by atoms with Crippen molar-refractivity contribution in [3.05, 3.63) is 0 Å². The monoisotopic (exact) mass is 341 g/mol. The van der Waals surface area contributed by atoms with Crippen molar-refractivity contribution in [2.45, 2.75) is 96.9 Å². The summed E-state index contributed by atoms with van der Waals surface area (Å²) in [5.41, 5.74) is 5.50. The fraction of sp³-hybridized carbons (Fsp3) is 0.950. The third-order valence-electron chi connectivity index (χ3n) is 4.61. The van der Waals surface area contributed by atoms with Crippen LogP contribution in [0.5, 0.6) is 0 Å². The van der Waals surface area contributed by atoms with Gasteiger partial charge in [-0.15, -0.1) is 0 Å². The molecule has 0 saturated carbocycles. The summed E-state index contributed by atoms with van der Waals surface area (Å²) in [5.74, 6) is 0.179. The van der Waals surface area contributed by atoms with Crippen LogP contribution in [0.1, 0.15) is 90.9 Å². The van der Waals surface area contributed by atoms with Gasteiger partial charge in [-0.2, -0.15) is 0 Å². The van der Waals surface area contributed by atoms with Crippen molar-refractivity contribution in [2.75, 3.05) is 26.7 Å². The Bertz CT molecular complexity index is 284. The van der Waals surface area contributed by atoms with Crippen molar-refractivity contribution in [3.63, 3.8) is 0 Å². The molecular weight excluding hydrogens is 298 g/mol. The molecule has 24 heavy (non-hydrogen) atoms. The molecular formula is C20H43N3O.